The van der Waals surface area contributed by atoms with E-state index in [-0.39, 0.29) is 10.8 Å². The van der Waals surface area contributed by atoms with Crippen molar-refractivity contribution in [2.45, 2.75) is 24.3 Å². The van der Waals surface area contributed by atoms with E-state index in [2.05, 4.69) is 9.71 Å². The molecule has 1 aliphatic heterocycles. The number of carbonyl (C=O) groups excluding carboxylic acids is 1. The molecule has 0 fully saturated rings. The highest BCUT2D eigenvalue weighted by Gasteiger charge is 2.25. The van der Waals surface area contributed by atoms with Gasteiger partial charge in [0.2, 0.25) is 5.91 Å². The monoisotopic (exact) mass is 443 g/mol. The number of nitrogens with one attached hydrogen (secondary N) is 1. The van der Waals surface area contributed by atoms with Crippen LogP contribution in [0.3, 0.4) is 0 Å². The lowest BCUT2D eigenvalue weighted by molar-refractivity contribution is -0.119. The van der Waals surface area contributed by atoms with Crippen molar-refractivity contribution in [1.82, 2.24) is 4.98 Å². The molecule has 0 atom stereocenters. The fourth-order valence-corrected chi connectivity index (χ4v) is 5.30. The summed E-state index contributed by atoms with van der Waals surface area (Å²) < 4.78 is 28.9. The number of hydrogen-bond acceptors (Lipinski definition) is 4. The Morgan fingerprint density at radius 2 is 1.72 bits per heavy atom. The van der Waals surface area contributed by atoms with Gasteiger partial charge >= 0.3 is 0 Å². The van der Waals surface area contributed by atoms with Crippen molar-refractivity contribution in [3.8, 4) is 0 Å². The maximum absolute atomic E-state index is 13.1. The van der Waals surface area contributed by atoms with Crippen molar-refractivity contribution in [1.29, 1.82) is 0 Å². The lowest BCUT2D eigenvalue weighted by Gasteiger charge is -2.30. The Morgan fingerprint density at radius 3 is 2.56 bits per heavy atom. The molecule has 0 spiro atoms. The average molecular weight is 444 g/mol. The predicted molar refractivity (Wildman–Crippen MR) is 125 cm³/mol. The number of anilines is 2. The molecule has 7 heteroatoms. The van der Waals surface area contributed by atoms with E-state index in [1.807, 2.05) is 54.6 Å². The average Bonchev–Trinajstić information content (AvgIpc) is 2.81. The second kappa shape index (κ2) is 8.09. The van der Waals surface area contributed by atoms with Crippen molar-refractivity contribution in [2.75, 3.05) is 9.62 Å². The number of fused-ring (bicyclic) bond motifs is 2. The van der Waals surface area contributed by atoms with Gasteiger partial charge in [0.05, 0.1) is 12.1 Å². The van der Waals surface area contributed by atoms with E-state index in [9.17, 15) is 13.2 Å². The van der Waals surface area contributed by atoms with E-state index in [0.29, 0.717) is 30.6 Å². The number of carbonyl (C=O) groups is 1. The molecular weight excluding hydrogens is 422 g/mol. The fraction of sp³-hybridized carbons (Fsp3) is 0.120. The van der Waals surface area contributed by atoms with Gasteiger partial charge in [-0.05, 0) is 47.9 Å². The van der Waals surface area contributed by atoms with Crippen LogP contribution in [0.4, 0.5) is 11.4 Å². The van der Waals surface area contributed by atoms with E-state index in [4.69, 9.17) is 0 Å². The van der Waals surface area contributed by atoms with Gasteiger partial charge < -0.3 is 4.90 Å². The van der Waals surface area contributed by atoms with E-state index >= 15 is 0 Å². The molecule has 6 nitrogen and oxygen atoms in total. The molecule has 0 bridgehead atoms. The summed E-state index contributed by atoms with van der Waals surface area (Å²) in [6.45, 7) is 0.486. The van der Waals surface area contributed by atoms with Crippen LogP contribution >= 0.6 is 0 Å². The normalized spacial score (nSPS) is 13.8. The van der Waals surface area contributed by atoms with Crippen LogP contribution < -0.4 is 9.62 Å². The van der Waals surface area contributed by atoms with Gasteiger partial charge in [-0.15, -0.1) is 0 Å². The summed E-state index contributed by atoms with van der Waals surface area (Å²) >= 11 is 0. The van der Waals surface area contributed by atoms with Crippen LogP contribution in [0.25, 0.3) is 10.9 Å². The lowest BCUT2D eigenvalue weighted by Crippen LogP contribution is -2.34. The fourth-order valence-electron chi connectivity index (χ4n) is 4.07. The van der Waals surface area contributed by atoms with Gasteiger partial charge in [0.1, 0.15) is 4.90 Å². The number of para-hydroxylation sites is 1. The van der Waals surface area contributed by atoms with Crippen LogP contribution in [-0.4, -0.2) is 19.3 Å². The first kappa shape index (κ1) is 20.2. The SMILES string of the molecule is O=C1CCc2cc(NS(=O)(=O)c3cccc4cccnc34)ccc2N1Cc1ccccc1. The minimum Gasteiger partial charge on any atom is -0.308 e. The van der Waals surface area contributed by atoms with Crippen molar-refractivity contribution in [3.63, 3.8) is 0 Å². The summed E-state index contributed by atoms with van der Waals surface area (Å²) in [5.41, 5.74) is 3.70. The third-order valence-electron chi connectivity index (χ3n) is 5.60. The Hall–Kier alpha value is -3.71. The molecule has 0 unspecified atom stereocenters. The second-order valence-electron chi connectivity index (χ2n) is 7.75. The number of rotatable bonds is 5. The Labute approximate surface area is 186 Å². The number of aryl methyl sites for hydroxylation is 1. The molecule has 0 saturated heterocycles. The molecule has 0 aliphatic carbocycles. The number of hydrogen-bond donors (Lipinski definition) is 1. The van der Waals surface area contributed by atoms with E-state index in [1.54, 1.807) is 35.4 Å². The van der Waals surface area contributed by atoms with E-state index in [0.717, 1.165) is 22.2 Å². The van der Waals surface area contributed by atoms with Crippen LogP contribution in [-0.2, 0) is 27.8 Å². The minimum atomic E-state index is -3.83. The first-order valence-corrected chi connectivity index (χ1v) is 11.8. The molecule has 160 valence electrons. The Kier molecular flexibility index (Phi) is 5.11. The van der Waals surface area contributed by atoms with Gasteiger partial charge in [-0.2, -0.15) is 0 Å². The molecular formula is C25H21N3O3S. The Morgan fingerprint density at radius 1 is 0.906 bits per heavy atom. The Bertz CT molecular complexity index is 1410. The topological polar surface area (TPSA) is 79.4 Å². The van der Waals surface area contributed by atoms with Gasteiger partial charge in [-0.25, -0.2) is 8.42 Å². The largest absolute Gasteiger partial charge is 0.308 e. The Balaban J connectivity index is 1.45. The maximum Gasteiger partial charge on any atom is 0.264 e. The van der Waals surface area contributed by atoms with Gasteiger partial charge in [-0.1, -0.05) is 48.5 Å². The van der Waals surface area contributed by atoms with Crippen molar-refractivity contribution in [3.05, 3.63) is 96.2 Å². The molecule has 1 amide bonds. The third-order valence-corrected chi connectivity index (χ3v) is 7.01. The van der Waals surface area contributed by atoms with Crippen LogP contribution in [0.15, 0.2) is 90.0 Å². The zero-order valence-corrected chi connectivity index (χ0v) is 18.0. The standard InChI is InChI=1S/C25H21N3O3S/c29-24-14-11-20-16-21(12-13-22(20)28(24)17-18-6-2-1-3-7-18)27-32(30,31)23-10-4-8-19-9-5-15-26-25(19)23/h1-10,12-13,15-16,27H,11,14,17H2. The zero-order valence-electron chi connectivity index (χ0n) is 17.2. The molecule has 1 N–H and O–H groups in total. The van der Waals surface area contributed by atoms with Gasteiger partial charge in [0.15, 0.2) is 0 Å². The highest BCUT2D eigenvalue weighted by atomic mass is 32.2. The van der Waals surface area contributed by atoms with Crippen LogP contribution in [0.5, 0.6) is 0 Å². The number of sulfonamides is 1. The lowest BCUT2D eigenvalue weighted by atomic mass is 10.00. The van der Waals surface area contributed by atoms with Crippen LogP contribution in [0, 0.1) is 0 Å². The molecule has 1 aliphatic rings. The molecule has 32 heavy (non-hydrogen) atoms. The van der Waals surface area contributed by atoms with Gasteiger partial charge in [0, 0.05) is 29.4 Å². The highest BCUT2D eigenvalue weighted by molar-refractivity contribution is 7.93. The number of nitrogens with zero attached hydrogens (tertiary/aromatic N) is 2. The molecule has 3 aromatic carbocycles. The van der Waals surface area contributed by atoms with Crippen molar-refractivity contribution < 1.29 is 13.2 Å². The molecule has 0 saturated carbocycles. The molecule has 2 heterocycles. The summed E-state index contributed by atoms with van der Waals surface area (Å²) in [5, 5.41) is 0.760. The summed E-state index contributed by atoms with van der Waals surface area (Å²) in [7, 11) is -3.83. The summed E-state index contributed by atoms with van der Waals surface area (Å²) in [6.07, 6.45) is 2.55. The van der Waals surface area contributed by atoms with Crippen LogP contribution in [0.2, 0.25) is 0 Å². The summed E-state index contributed by atoms with van der Waals surface area (Å²) in [6, 6.07) is 23.8. The van der Waals surface area contributed by atoms with Crippen molar-refractivity contribution in [2.24, 2.45) is 0 Å². The van der Waals surface area contributed by atoms with Crippen LogP contribution in [0.1, 0.15) is 17.5 Å². The van der Waals surface area contributed by atoms with Crippen molar-refractivity contribution >= 4 is 38.2 Å². The molecule has 5 rings (SSSR count). The smallest absolute Gasteiger partial charge is 0.264 e. The zero-order chi connectivity index (χ0) is 22.1. The highest BCUT2D eigenvalue weighted by Crippen LogP contribution is 2.32. The minimum absolute atomic E-state index is 0.0662. The number of aromatic nitrogens is 1. The number of pyridine rings is 1. The second-order valence-corrected chi connectivity index (χ2v) is 9.40. The van der Waals surface area contributed by atoms with E-state index in [1.165, 1.54) is 0 Å². The van der Waals surface area contributed by atoms with Gasteiger partial charge in [0.25, 0.3) is 10.0 Å². The maximum atomic E-state index is 13.1. The molecule has 0 radical (unpaired) electrons. The summed E-state index contributed by atoms with van der Waals surface area (Å²) in [5.74, 6) is 0.0662. The number of benzene rings is 3. The summed E-state index contributed by atoms with van der Waals surface area (Å²) in [4.78, 5) is 18.7. The quantitative estimate of drug-likeness (QED) is 0.492. The van der Waals surface area contributed by atoms with E-state index < -0.39 is 10.0 Å². The van der Waals surface area contributed by atoms with Gasteiger partial charge in [-0.3, -0.25) is 14.5 Å². The number of amides is 1. The molecule has 4 aromatic rings. The molecule has 1 aromatic heterocycles. The third kappa shape index (κ3) is 3.83. The predicted octanol–water partition coefficient (Wildman–Crippen LogP) is 4.52. The first-order chi connectivity index (χ1) is 15.5. The first-order valence-electron chi connectivity index (χ1n) is 10.3.